The maximum Gasteiger partial charge on any atom is 0.266 e. The van der Waals surface area contributed by atoms with E-state index < -0.39 is 0 Å². The third kappa shape index (κ3) is 5.87. The van der Waals surface area contributed by atoms with Crippen LogP contribution in [0, 0.1) is 0 Å². The van der Waals surface area contributed by atoms with Gasteiger partial charge in [-0.2, -0.15) is 0 Å². The Kier molecular flexibility index (Phi) is 8.11. The molecular weight excluding hydrogens is 500 g/mol. The van der Waals surface area contributed by atoms with Crippen LogP contribution >= 0.6 is 39.9 Å². The van der Waals surface area contributed by atoms with Crippen LogP contribution in [0.3, 0.4) is 0 Å². The van der Waals surface area contributed by atoms with Crippen LogP contribution in [0.15, 0.2) is 51.8 Å². The molecule has 6 nitrogen and oxygen atoms in total. The molecule has 1 N–H and O–H groups in total. The molecule has 1 aliphatic rings. The second kappa shape index (κ2) is 10.8. The Morgan fingerprint density at radius 1 is 1.29 bits per heavy atom. The molecule has 162 valence electrons. The van der Waals surface area contributed by atoms with Crippen molar-refractivity contribution in [2.45, 2.75) is 13.3 Å². The second-order valence-electron chi connectivity index (χ2n) is 6.57. The van der Waals surface area contributed by atoms with E-state index in [-0.39, 0.29) is 18.4 Å². The number of thioether (sulfide) groups is 1. The number of ether oxygens (including phenoxy) is 2. The Morgan fingerprint density at radius 2 is 2.03 bits per heavy atom. The molecule has 0 radical (unpaired) electrons. The van der Waals surface area contributed by atoms with Crippen molar-refractivity contribution in [1.82, 2.24) is 4.90 Å². The Morgan fingerprint density at radius 3 is 2.71 bits per heavy atom. The first-order valence-electron chi connectivity index (χ1n) is 9.53. The van der Waals surface area contributed by atoms with Gasteiger partial charge in [0.2, 0.25) is 0 Å². The van der Waals surface area contributed by atoms with Crippen molar-refractivity contribution in [1.29, 1.82) is 0 Å². The highest BCUT2D eigenvalue weighted by Gasteiger charge is 2.31. The number of para-hydroxylation sites is 1. The van der Waals surface area contributed by atoms with Crippen molar-refractivity contribution in [3.05, 3.63) is 57.4 Å². The third-order valence-electron chi connectivity index (χ3n) is 4.28. The van der Waals surface area contributed by atoms with Gasteiger partial charge in [0.25, 0.3) is 11.8 Å². The van der Waals surface area contributed by atoms with Crippen molar-refractivity contribution < 1.29 is 19.1 Å². The summed E-state index contributed by atoms with van der Waals surface area (Å²) in [5.74, 6) is 0.465. The highest BCUT2D eigenvalue weighted by molar-refractivity contribution is 9.10. The number of thiocarbonyl (C=S) groups is 1. The summed E-state index contributed by atoms with van der Waals surface area (Å²) in [5.41, 5.74) is 1.44. The molecule has 2 aromatic rings. The number of nitrogens with zero attached hydrogens (tertiary/aromatic N) is 1. The van der Waals surface area contributed by atoms with Crippen LogP contribution < -0.4 is 14.8 Å². The first-order chi connectivity index (χ1) is 14.9. The van der Waals surface area contributed by atoms with Gasteiger partial charge in [-0.25, -0.2) is 0 Å². The Balaban J connectivity index is 1.74. The largest absolute Gasteiger partial charge is 0.493 e. The molecule has 0 saturated carbocycles. The van der Waals surface area contributed by atoms with Crippen molar-refractivity contribution in [3.8, 4) is 11.5 Å². The molecule has 0 aromatic heterocycles. The van der Waals surface area contributed by atoms with Gasteiger partial charge in [-0.15, -0.1) is 0 Å². The zero-order chi connectivity index (χ0) is 22.4. The number of methoxy groups -OCH3 is 1. The highest BCUT2D eigenvalue weighted by Crippen LogP contribution is 2.39. The summed E-state index contributed by atoms with van der Waals surface area (Å²) in [5, 5.41) is 2.77. The summed E-state index contributed by atoms with van der Waals surface area (Å²) >= 11 is 10.1. The fourth-order valence-electron chi connectivity index (χ4n) is 2.89. The summed E-state index contributed by atoms with van der Waals surface area (Å²) in [6.45, 7) is 2.43. The van der Waals surface area contributed by atoms with Gasteiger partial charge < -0.3 is 14.8 Å². The zero-order valence-electron chi connectivity index (χ0n) is 17.0. The summed E-state index contributed by atoms with van der Waals surface area (Å²) < 4.78 is 12.3. The fourth-order valence-corrected chi connectivity index (χ4v) is 4.77. The van der Waals surface area contributed by atoms with Crippen LogP contribution in [-0.4, -0.2) is 41.3 Å². The van der Waals surface area contributed by atoms with Crippen LogP contribution in [0.5, 0.6) is 11.5 Å². The van der Waals surface area contributed by atoms with E-state index in [2.05, 4.69) is 21.2 Å². The molecule has 0 bridgehead atoms. The number of amides is 2. The number of nitrogens with one attached hydrogen (secondary N) is 1. The number of anilines is 1. The standard InChI is InChI=1S/C22H21BrN2O4S2/c1-3-9-25-21(27)18(31-22(25)30)12-14-10-16(23)20(17(11-14)28-2)29-13-19(26)24-15-7-5-4-6-8-15/h4-8,10-12H,3,9,13H2,1-2H3,(H,24,26)/b18-12-. The molecule has 0 unspecified atom stereocenters. The lowest BCUT2D eigenvalue weighted by molar-refractivity contribution is -0.122. The minimum absolute atomic E-state index is 0.0927. The summed E-state index contributed by atoms with van der Waals surface area (Å²) in [6, 6.07) is 12.7. The van der Waals surface area contributed by atoms with Crippen molar-refractivity contribution in [3.63, 3.8) is 0 Å². The molecule has 3 rings (SSSR count). The quantitative estimate of drug-likeness (QED) is 0.386. The topological polar surface area (TPSA) is 67.9 Å². The minimum atomic E-state index is -0.288. The van der Waals surface area contributed by atoms with Crippen LogP contribution in [-0.2, 0) is 9.59 Å². The van der Waals surface area contributed by atoms with E-state index in [1.165, 1.54) is 18.9 Å². The lowest BCUT2D eigenvalue weighted by Crippen LogP contribution is -2.28. The Hall–Kier alpha value is -2.36. The Bertz CT molecular complexity index is 1030. The molecule has 31 heavy (non-hydrogen) atoms. The van der Waals surface area contributed by atoms with Gasteiger partial charge in [0.15, 0.2) is 18.1 Å². The van der Waals surface area contributed by atoms with Gasteiger partial charge in [0, 0.05) is 12.2 Å². The first-order valence-corrected chi connectivity index (χ1v) is 11.5. The number of carbonyl (C=O) groups excluding carboxylic acids is 2. The zero-order valence-corrected chi connectivity index (χ0v) is 20.2. The monoisotopic (exact) mass is 520 g/mol. The molecule has 1 fully saturated rings. The lowest BCUT2D eigenvalue weighted by Gasteiger charge is -2.14. The van der Waals surface area contributed by atoms with E-state index >= 15 is 0 Å². The molecule has 0 spiro atoms. The molecule has 1 heterocycles. The summed E-state index contributed by atoms with van der Waals surface area (Å²) in [6.07, 6.45) is 2.61. The first kappa shape index (κ1) is 23.3. The molecular formula is C22H21BrN2O4S2. The molecule has 2 aromatic carbocycles. The average Bonchev–Trinajstić information content (AvgIpc) is 3.01. The second-order valence-corrected chi connectivity index (χ2v) is 9.10. The fraction of sp³-hybridized carbons (Fsp3) is 0.227. The molecule has 1 saturated heterocycles. The minimum Gasteiger partial charge on any atom is -0.493 e. The number of carbonyl (C=O) groups is 2. The SMILES string of the molecule is CCCN1C(=O)/C(=C/c2cc(Br)c(OCC(=O)Nc3ccccc3)c(OC)c2)SC1=S. The van der Waals surface area contributed by atoms with E-state index in [0.717, 1.165) is 12.0 Å². The van der Waals surface area contributed by atoms with Gasteiger partial charge in [-0.3, -0.25) is 14.5 Å². The number of hydrogen-bond donors (Lipinski definition) is 1. The number of benzene rings is 2. The number of halogens is 1. The van der Waals surface area contributed by atoms with Gasteiger partial charge in [-0.05, 0) is 58.3 Å². The summed E-state index contributed by atoms with van der Waals surface area (Å²) in [4.78, 5) is 26.9. The van der Waals surface area contributed by atoms with Gasteiger partial charge in [-0.1, -0.05) is 49.1 Å². The molecule has 1 aliphatic heterocycles. The molecule has 0 aliphatic carbocycles. The Labute approximate surface area is 199 Å². The average molecular weight is 521 g/mol. The number of rotatable bonds is 8. The van der Waals surface area contributed by atoms with Crippen LogP contribution in [0.4, 0.5) is 5.69 Å². The maximum atomic E-state index is 12.6. The predicted octanol–water partition coefficient (Wildman–Crippen LogP) is 5.09. The molecule has 2 amide bonds. The van der Waals surface area contributed by atoms with Crippen LogP contribution in [0.1, 0.15) is 18.9 Å². The molecule has 9 heteroatoms. The van der Waals surface area contributed by atoms with Gasteiger partial charge in [0.05, 0.1) is 16.5 Å². The normalized spacial score (nSPS) is 14.8. The van der Waals surface area contributed by atoms with Crippen molar-refractivity contribution in [2.24, 2.45) is 0 Å². The summed E-state index contributed by atoms with van der Waals surface area (Å²) in [7, 11) is 1.52. The number of hydrogen-bond acceptors (Lipinski definition) is 6. The molecule has 0 atom stereocenters. The lowest BCUT2D eigenvalue weighted by atomic mass is 10.2. The van der Waals surface area contributed by atoms with Crippen LogP contribution in [0.2, 0.25) is 0 Å². The van der Waals surface area contributed by atoms with Crippen molar-refractivity contribution >= 4 is 67.8 Å². The predicted molar refractivity (Wildman–Crippen MR) is 131 cm³/mol. The van der Waals surface area contributed by atoms with E-state index in [0.29, 0.717) is 37.4 Å². The highest BCUT2D eigenvalue weighted by atomic mass is 79.9. The van der Waals surface area contributed by atoms with Gasteiger partial charge in [0.1, 0.15) is 4.32 Å². The van der Waals surface area contributed by atoms with E-state index in [9.17, 15) is 9.59 Å². The maximum absolute atomic E-state index is 12.6. The third-order valence-corrected chi connectivity index (χ3v) is 6.24. The van der Waals surface area contributed by atoms with Crippen molar-refractivity contribution in [2.75, 3.05) is 25.6 Å². The van der Waals surface area contributed by atoms with E-state index in [4.69, 9.17) is 21.7 Å². The van der Waals surface area contributed by atoms with Crippen LogP contribution in [0.25, 0.3) is 6.08 Å². The van der Waals surface area contributed by atoms with E-state index in [1.807, 2.05) is 25.1 Å². The smallest absolute Gasteiger partial charge is 0.266 e. The van der Waals surface area contributed by atoms with Gasteiger partial charge >= 0.3 is 0 Å². The van der Waals surface area contributed by atoms with E-state index in [1.54, 1.807) is 35.2 Å².